The van der Waals surface area contributed by atoms with Gasteiger partial charge in [-0.05, 0) is 61.0 Å². The molecule has 1 unspecified atom stereocenters. The van der Waals surface area contributed by atoms with Crippen LogP contribution in [0.2, 0.25) is 5.02 Å². The van der Waals surface area contributed by atoms with Crippen molar-refractivity contribution < 1.29 is 19.8 Å². The predicted molar refractivity (Wildman–Crippen MR) is 123 cm³/mol. The van der Waals surface area contributed by atoms with Crippen LogP contribution >= 0.6 is 11.6 Å². The van der Waals surface area contributed by atoms with Crippen LogP contribution in [0.15, 0.2) is 24.3 Å². The van der Waals surface area contributed by atoms with Crippen LogP contribution in [-0.2, 0) is 9.59 Å². The molecule has 32 heavy (non-hydrogen) atoms. The highest BCUT2D eigenvalue weighted by Crippen LogP contribution is 2.70. The van der Waals surface area contributed by atoms with Crippen molar-refractivity contribution in [3.05, 3.63) is 29.3 Å². The highest BCUT2D eigenvalue weighted by Gasteiger charge is 2.75. The Kier molecular flexibility index (Phi) is 5.09. The number of fused-ring (bicyclic) bond motifs is 3. The van der Waals surface area contributed by atoms with Crippen molar-refractivity contribution in [2.24, 2.45) is 39.9 Å². The van der Waals surface area contributed by atoms with Gasteiger partial charge in [0.2, 0.25) is 0 Å². The Morgan fingerprint density at radius 1 is 1.09 bits per heavy atom. The normalized spacial score (nSPS) is 44.7. The molecule has 0 aromatic heterocycles. The molecule has 1 aromatic carbocycles. The monoisotopic (exact) mass is 459 g/mol. The molecule has 1 aromatic rings. The molecule has 0 heterocycles. The third-order valence-electron chi connectivity index (χ3n) is 10.0. The molecule has 3 N–H and O–H groups in total. The van der Waals surface area contributed by atoms with E-state index in [-0.39, 0.29) is 40.7 Å². The van der Waals surface area contributed by atoms with Crippen molar-refractivity contribution in [1.82, 2.24) is 0 Å². The van der Waals surface area contributed by atoms with Gasteiger partial charge in [-0.3, -0.25) is 9.59 Å². The first-order chi connectivity index (χ1) is 15.1. The fraction of sp³-hybridized carbons (Fsp3) is 0.692. The van der Waals surface area contributed by atoms with Gasteiger partial charge in [-0.15, -0.1) is 0 Å². The van der Waals surface area contributed by atoms with Crippen molar-refractivity contribution in [2.75, 3.05) is 11.9 Å². The van der Waals surface area contributed by atoms with E-state index < -0.39 is 23.0 Å². The standard InChI is InChI=1S/C26H34ClNO4/c1-24(2)19-12-21(30)26-18(25(19,3)11-10-20(24)29)9-8-14(22(26)31)15(23(26)32)13-28-17-7-5-4-6-16(17)27/h4-7,14-15,18-19,21-22,28,30-31H,8-13H2,1-3H3/t14-,15?,18-,19+,21+,22+,25-,26+/m0/s1. The molecule has 4 fully saturated rings. The fourth-order valence-electron chi connectivity index (χ4n) is 8.41. The number of halogens is 1. The number of para-hydroxylation sites is 1. The van der Waals surface area contributed by atoms with Crippen LogP contribution in [0.25, 0.3) is 0 Å². The summed E-state index contributed by atoms with van der Waals surface area (Å²) in [6.45, 7) is 6.60. The molecular formula is C26H34ClNO4. The Labute approximate surface area is 194 Å². The lowest BCUT2D eigenvalue weighted by molar-refractivity contribution is -0.222. The first-order valence-corrected chi connectivity index (χ1v) is 12.4. The lowest BCUT2D eigenvalue weighted by Gasteiger charge is -2.64. The van der Waals surface area contributed by atoms with Gasteiger partial charge >= 0.3 is 0 Å². The number of aliphatic hydroxyl groups is 2. The molecule has 174 valence electrons. The molecule has 0 saturated heterocycles. The van der Waals surface area contributed by atoms with Gasteiger partial charge in [0.15, 0.2) is 0 Å². The Hall–Kier alpha value is -1.43. The molecule has 1 spiro atoms. The summed E-state index contributed by atoms with van der Waals surface area (Å²) in [5.41, 5.74) is -1.12. The maximum atomic E-state index is 14.1. The second-order valence-electron chi connectivity index (χ2n) is 11.5. The lowest BCUT2D eigenvalue weighted by Crippen LogP contribution is -2.68. The van der Waals surface area contributed by atoms with E-state index in [0.717, 1.165) is 24.9 Å². The maximum Gasteiger partial charge on any atom is 0.149 e. The van der Waals surface area contributed by atoms with Crippen molar-refractivity contribution in [3.63, 3.8) is 0 Å². The number of nitrogens with one attached hydrogen (secondary N) is 1. The number of Topliss-reactive ketones (excluding diaryl/α,β-unsaturated/α-hetero) is 2. The Bertz CT molecular complexity index is 963. The summed E-state index contributed by atoms with van der Waals surface area (Å²) in [5, 5.41) is 27.0. The Balaban J connectivity index is 1.50. The minimum atomic E-state index is -1.13. The molecule has 6 heteroatoms. The van der Waals surface area contributed by atoms with Crippen LogP contribution in [0.3, 0.4) is 0 Å². The molecule has 0 radical (unpaired) electrons. The summed E-state index contributed by atoms with van der Waals surface area (Å²) in [7, 11) is 0. The molecule has 2 bridgehead atoms. The third kappa shape index (κ3) is 2.71. The van der Waals surface area contributed by atoms with E-state index in [0.29, 0.717) is 24.4 Å². The van der Waals surface area contributed by atoms with Crippen LogP contribution < -0.4 is 5.32 Å². The largest absolute Gasteiger partial charge is 0.392 e. The Morgan fingerprint density at radius 2 is 1.81 bits per heavy atom. The molecule has 4 aliphatic rings. The summed E-state index contributed by atoms with van der Waals surface area (Å²) >= 11 is 6.29. The zero-order valence-electron chi connectivity index (χ0n) is 19.1. The minimum absolute atomic E-state index is 0.000986. The summed E-state index contributed by atoms with van der Waals surface area (Å²) in [5.74, 6) is -0.379. The molecule has 5 rings (SSSR count). The number of carbonyl (C=O) groups excluding carboxylic acids is 2. The van der Waals surface area contributed by atoms with Gasteiger partial charge in [-0.25, -0.2) is 0 Å². The number of hydrogen-bond acceptors (Lipinski definition) is 5. The SMILES string of the molecule is CC1(C)C(=O)CC[C@]2(C)[C@@H]1C[C@@H](O)[C@]13C(=O)C(CNc4ccccc4Cl)[C@H](CC[C@@H]21)[C@H]3O. The van der Waals surface area contributed by atoms with Crippen molar-refractivity contribution in [1.29, 1.82) is 0 Å². The molecule has 8 atom stereocenters. The highest BCUT2D eigenvalue weighted by atomic mass is 35.5. The van der Waals surface area contributed by atoms with Gasteiger partial charge in [0.05, 0.1) is 28.3 Å². The second kappa shape index (κ2) is 7.28. The summed E-state index contributed by atoms with van der Waals surface area (Å²) in [4.78, 5) is 26.8. The molecule has 5 nitrogen and oxygen atoms in total. The maximum absolute atomic E-state index is 14.1. The van der Waals surface area contributed by atoms with Crippen LogP contribution in [-0.4, -0.2) is 40.5 Å². The average Bonchev–Trinajstić information content (AvgIpc) is 2.86. The number of hydrogen-bond donors (Lipinski definition) is 3. The van der Waals surface area contributed by atoms with E-state index in [1.54, 1.807) is 6.07 Å². The van der Waals surface area contributed by atoms with Crippen molar-refractivity contribution in [2.45, 2.75) is 65.1 Å². The average molecular weight is 460 g/mol. The van der Waals surface area contributed by atoms with E-state index in [2.05, 4.69) is 12.2 Å². The van der Waals surface area contributed by atoms with Crippen LogP contribution in [0, 0.1) is 39.9 Å². The fourth-order valence-corrected chi connectivity index (χ4v) is 8.61. The van der Waals surface area contributed by atoms with Crippen LogP contribution in [0.1, 0.15) is 52.9 Å². The molecule has 4 aliphatic carbocycles. The Morgan fingerprint density at radius 3 is 2.53 bits per heavy atom. The van der Waals surface area contributed by atoms with Gasteiger partial charge in [0.1, 0.15) is 11.6 Å². The van der Waals surface area contributed by atoms with Gasteiger partial charge < -0.3 is 15.5 Å². The topological polar surface area (TPSA) is 86.6 Å². The van der Waals surface area contributed by atoms with Gasteiger partial charge in [-0.2, -0.15) is 0 Å². The number of aliphatic hydroxyl groups excluding tert-OH is 2. The third-order valence-corrected chi connectivity index (χ3v) is 10.3. The number of anilines is 1. The van der Waals surface area contributed by atoms with E-state index in [1.807, 2.05) is 32.0 Å². The summed E-state index contributed by atoms with van der Waals surface area (Å²) in [6.07, 6.45) is 1.43. The smallest absolute Gasteiger partial charge is 0.149 e. The molecule has 0 amide bonds. The van der Waals surface area contributed by atoms with Crippen LogP contribution in [0.5, 0.6) is 0 Å². The van der Waals surface area contributed by atoms with Gasteiger partial charge in [0, 0.05) is 24.3 Å². The zero-order chi connectivity index (χ0) is 23.1. The van der Waals surface area contributed by atoms with Crippen molar-refractivity contribution in [3.8, 4) is 0 Å². The van der Waals surface area contributed by atoms with E-state index >= 15 is 0 Å². The first kappa shape index (κ1) is 22.4. The first-order valence-electron chi connectivity index (χ1n) is 12.0. The second-order valence-corrected chi connectivity index (χ2v) is 11.9. The quantitative estimate of drug-likeness (QED) is 0.633. The van der Waals surface area contributed by atoms with E-state index in [9.17, 15) is 19.8 Å². The predicted octanol–water partition coefficient (Wildman–Crippen LogP) is 4.10. The van der Waals surface area contributed by atoms with E-state index in [4.69, 9.17) is 11.6 Å². The highest BCUT2D eigenvalue weighted by molar-refractivity contribution is 6.33. The van der Waals surface area contributed by atoms with Gasteiger partial charge in [-0.1, -0.05) is 44.5 Å². The summed E-state index contributed by atoms with van der Waals surface area (Å²) in [6, 6.07) is 7.44. The number of rotatable bonds is 3. The summed E-state index contributed by atoms with van der Waals surface area (Å²) < 4.78 is 0. The minimum Gasteiger partial charge on any atom is -0.392 e. The van der Waals surface area contributed by atoms with Crippen LogP contribution in [0.4, 0.5) is 5.69 Å². The van der Waals surface area contributed by atoms with Gasteiger partial charge in [0.25, 0.3) is 0 Å². The molecule has 0 aliphatic heterocycles. The van der Waals surface area contributed by atoms with Crippen molar-refractivity contribution >= 4 is 28.9 Å². The molecule has 4 saturated carbocycles. The number of carbonyl (C=O) groups is 2. The number of ketones is 2. The lowest BCUT2D eigenvalue weighted by atomic mass is 9.39. The molecular weight excluding hydrogens is 426 g/mol. The van der Waals surface area contributed by atoms with E-state index in [1.165, 1.54) is 0 Å². The zero-order valence-corrected chi connectivity index (χ0v) is 19.9. The number of benzene rings is 1.